The molecule has 0 spiro atoms. The highest BCUT2D eigenvalue weighted by Gasteiger charge is 2.11. The van der Waals surface area contributed by atoms with Crippen molar-refractivity contribution in [1.29, 1.82) is 0 Å². The van der Waals surface area contributed by atoms with Gasteiger partial charge in [0.15, 0.2) is 6.61 Å². The zero-order chi connectivity index (χ0) is 15.2. The van der Waals surface area contributed by atoms with Crippen LogP contribution in [0.2, 0.25) is 5.02 Å². The van der Waals surface area contributed by atoms with Gasteiger partial charge in [0.25, 0.3) is 5.91 Å². The van der Waals surface area contributed by atoms with Crippen molar-refractivity contribution in [3.8, 4) is 0 Å². The van der Waals surface area contributed by atoms with Gasteiger partial charge in [-0.15, -0.1) is 11.3 Å². The summed E-state index contributed by atoms with van der Waals surface area (Å²) in [6, 6.07) is 8.22. The third-order valence-corrected chi connectivity index (χ3v) is 3.83. The van der Waals surface area contributed by atoms with Crippen molar-refractivity contribution in [2.45, 2.75) is 6.54 Å². The van der Waals surface area contributed by atoms with E-state index in [4.69, 9.17) is 22.1 Å². The van der Waals surface area contributed by atoms with E-state index in [-0.39, 0.29) is 23.8 Å². The predicted octanol–water partition coefficient (Wildman–Crippen LogP) is 2.46. The van der Waals surface area contributed by atoms with Crippen LogP contribution in [0.1, 0.15) is 15.2 Å². The first-order chi connectivity index (χ1) is 10.1. The van der Waals surface area contributed by atoms with Gasteiger partial charge < -0.3 is 15.8 Å². The number of anilines is 1. The normalized spacial score (nSPS) is 10.1. The van der Waals surface area contributed by atoms with Crippen LogP contribution in [0, 0.1) is 0 Å². The fourth-order valence-electron chi connectivity index (χ4n) is 1.54. The van der Waals surface area contributed by atoms with Gasteiger partial charge >= 0.3 is 5.97 Å². The number of nitrogen functional groups attached to an aromatic ring is 1. The van der Waals surface area contributed by atoms with Crippen LogP contribution in [0.4, 0.5) is 5.69 Å². The molecule has 5 nitrogen and oxygen atoms in total. The van der Waals surface area contributed by atoms with E-state index < -0.39 is 5.97 Å². The number of hydrogen-bond acceptors (Lipinski definition) is 5. The van der Waals surface area contributed by atoms with E-state index in [0.717, 1.165) is 4.88 Å². The second kappa shape index (κ2) is 7.10. The highest BCUT2D eigenvalue weighted by Crippen LogP contribution is 2.19. The molecule has 3 N–H and O–H groups in total. The maximum absolute atomic E-state index is 11.7. The Labute approximate surface area is 130 Å². The Kier molecular flexibility index (Phi) is 5.19. The minimum Gasteiger partial charge on any atom is -0.452 e. The molecule has 0 bridgehead atoms. The number of nitrogens with one attached hydrogen (secondary N) is 1. The van der Waals surface area contributed by atoms with E-state index in [1.165, 1.54) is 18.2 Å². The molecule has 0 unspecified atom stereocenters. The number of ether oxygens (including phenoxy) is 1. The average Bonchev–Trinajstić information content (AvgIpc) is 2.98. The predicted molar refractivity (Wildman–Crippen MR) is 82.3 cm³/mol. The standard InChI is InChI=1S/C14H13ClN2O3S/c15-11-4-3-9(6-12(11)16)14(19)20-8-13(18)17-7-10-2-1-5-21-10/h1-6H,7-8,16H2,(H,17,18). The number of esters is 1. The van der Waals surface area contributed by atoms with E-state index in [0.29, 0.717) is 11.6 Å². The number of thiophene rings is 1. The number of amides is 1. The molecule has 2 rings (SSSR count). The summed E-state index contributed by atoms with van der Waals surface area (Å²) in [5.74, 6) is -0.983. The van der Waals surface area contributed by atoms with Crippen molar-refractivity contribution in [1.82, 2.24) is 5.32 Å². The van der Waals surface area contributed by atoms with Crippen molar-refractivity contribution in [2.75, 3.05) is 12.3 Å². The quantitative estimate of drug-likeness (QED) is 0.654. The highest BCUT2D eigenvalue weighted by atomic mass is 35.5. The lowest BCUT2D eigenvalue weighted by Crippen LogP contribution is -2.28. The Morgan fingerprint density at radius 2 is 2.14 bits per heavy atom. The van der Waals surface area contributed by atoms with E-state index in [1.807, 2.05) is 17.5 Å². The Morgan fingerprint density at radius 1 is 1.33 bits per heavy atom. The van der Waals surface area contributed by atoms with Crippen LogP contribution in [0.15, 0.2) is 35.7 Å². The first kappa shape index (κ1) is 15.3. The van der Waals surface area contributed by atoms with E-state index in [9.17, 15) is 9.59 Å². The maximum Gasteiger partial charge on any atom is 0.338 e. The molecule has 0 aliphatic carbocycles. The maximum atomic E-state index is 11.7. The van der Waals surface area contributed by atoms with Gasteiger partial charge in [-0.1, -0.05) is 17.7 Å². The lowest BCUT2D eigenvalue weighted by molar-refractivity contribution is -0.124. The van der Waals surface area contributed by atoms with Crippen molar-refractivity contribution >= 4 is 40.5 Å². The van der Waals surface area contributed by atoms with Crippen molar-refractivity contribution in [3.05, 3.63) is 51.2 Å². The molecule has 0 radical (unpaired) electrons. The van der Waals surface area contributed by atoms with E-state index in [2.05, 4.69) is 5.32 Å². The fourth-order valence-corrected chi connectivity index (χ4v) is 2.30. The molecule has 0 saturated heterocycles. The smallest absolute Gasteiger partial charge is 0.338 e. The zero-order valence-corrected chi connectivity index (χ0v) is 12.5. The van der Waals surface area contributed by atoms with Gasteiger partial charge in [-0.05, 0) is 29.6 Å². The summed E-state index contributed by atoms with van der Waals surface area (Å²) in [4.78, 5) is 24.3. The molecule has 7 heteroatoms. The highest BCUT2D eigenvalue weighted by molar-refractivity contribution is 7.09. The van der Waals surface area contributed by atoms with Gasteiger partial charge in [-0.25, -0.2) is 4.79 Å². The average molecular weight is 325 g/mol. The van der Waals surface area contributed by atoms with Gasteiger partial charge in [0, 0.05) is 4.88 Å². The number of hydrogen-bond donors (Lipinski definition) is 2. The number of nitrogens with two attached hydrogens (primary N) is 1. The zero-order valence-electron chi connectivity index (χ0n) is 11.0. The number of carbonyl (C=O) groups is 2. The van der Waals surface area contributed by atoms with Gasteiger partial charge in [0.05, 0.1) is 22.8 Å². The lowest BCUT2D eigenvalue weighted by Gasteiger charge is -2.06. The van der Waals surface area contributed by atoms with Crippen LogP contribution in [0.5, 0.6) is 0 Å². The van der Waals surface area contributed by atoms with Crippen LogP contribution >= 0.6 is 22.9 Å². The largest absolute Gasteiger partial charge is 0.452 e. The Bertz CT molecular complexity index is 644. The van der Waals surface area contributed by atoms with Gasteiger partial charge in [0.2, 0.25) is 0 Å². The van der Waals surface area contributed by atoms with Crippen LogP contribution in [0.25, 0.3) is 0 Å². The summed E-state index contributed by atoms with van der Waals surface area (Å²) in [7, 11) is 0. The van der Waals surface area contributed by atoms with Gasteiger partial charge in [0.1, 0.15) is 0 Å². The number of benzene rings is 1. The lowest BCUT2D eigenvalue weighted by atomic mass is 10.2. The molecule has 0 aliphatic heterocycles. The summed E-state index contributed by atoms with van der Waals surface area (Å²) in [5, 5.41) is 4.95. The van der Waals surface area contributed by atoms with Gasteiger partial charge in [-0.3, -0.25) is 4.79 Å². The Hall–Kier alpha value is -2.05. The van der Waals surface area contributed by atoms with Crippen molar-refractivity contribution < 1.29 is 14.3 Å². The summed E-state index contributed by atoms with van der Waals surface area (Å²) in [6.45, 7) is 0.0781. The monoisotopic (exact) mass is 324 g/mol. The number of carbonyl (C=O) groups excluding carboxylic acids is 2. The molecule has 1 amide bonds. The molecule has 0 aliphatic rings. The first-order valence-electron chi connectivity index (χ1n) is 6.07. The molecule has 0 atom stereocenters. The summed E-state index contributed by atoms with van der Waals surface area (Å²) in [6.07, 6.45) is 0. The molecular weight excluding hydrogens is 312 g/mol. The molecule has 110 valence electrons. The Balaban J connectivity index is 1.80. The second-order valence-electron chi connectivity index (χ2n) is 4.17. The summed E-state index contributed by atoms with van der Waals surface area (Å²) in [5.41, 5.74) is 6.14. The first-order valence-corrected chi connectivity index (χ1v) is 7.33. The fraction of sp³-hybridized carbons (Fsp3) is 0.143. The van der Waals surface area contributed by atoms with Crippen LogP contribution in [-0.2, 0) is 16.1 Å². The number of halogens is 1. The molecule has 1 aromatic carbocycles. The molecule has 1 aromatic heterocycles. The van der Waals surface area contributed by atoms with Crippen LogP contribution in [-0.4, -0.2) is 18.5 Å². The van der Waals surface area contributed by atoms with Gasteiger partial charge in [-0.2, -0.15) is 0 Å². The topological polar surface area (TPSA) is 81.4 Å². The minimum atomic E-state index is -0.621. The summed E-state index contributed by atoms with van der Waals surface area (Å²) >= 11 is 7.30. The van der Waals surface area contributed by atoms with Crippen molar-refractivity contribution in [3.63, 3.8) is 0 Å². The third kappa shape index (κ3) is 4.47. The third-order valence-electron chi connectivity index (χ3n) is 2.61. The molecule has 21 heavy (non-hydrogen) atoms. The molecule has 2 aromatic rings. The van der Waals surface area contributed by atoms with E-state index >= 15 is 0 Å². The SMILES string of the molecule is Nc1cc(C(=O)OCC(=O)NCc2cccs2)ccc1Cl. The molecule has 0 fully saturated rings. The molecule has 0 saturated carbocycles. The molecular formula is C14H13ClN2O3S. The minimum absolute atomic E-state index is 0.253. The van der Waals surface area contributed by atoms with Crippen molar-refractivity contribution in [2.24, 2.45) is 0 Å². The second-order valence-corrected chi connectivity index (χ2v) is 5.61. The van der Waals surface area contributed by atoms with Crippen LogP contribution in [0.3, 0.4) is 0 Å². The number of rotatable bonds is 5. The summed E-state index contributed by atoms with van der Waals surface area (Å²) < 4.78 is 4.91. The van der Waals surface area contributed by atoms with Crippen LogP contribution < -0.4 is 11.1 Å². The van der Waals surface area contributed by atoms with E-state index in [1.54, 1.807) is 11.3 Å². The Morgan fingerprint density at radius 3 is 2.81 bits per heavy atom. The molecule has 1 heterocycles.